The summed E-state index contributed by atoms with van der Waals surface area (Å²) in [6.07, 6.45) is 5.52. The molecule has 14 heavy (non-hydrogen) atoms. The lowest BCUT2D eigenvalue weighted by molar-refractivity contribution is 0.113. The van der Waals surface area contributed by atoms with E-state index in [1.165, 1.54) is 6.42 Å². The Morgan fingerprint density at radius 1 is 1.57 bits per heavy atom. The third-order valence-electron chi connectivity index (χ3n) is 2.38. The summed E-state index contributed by atoms with van der Waals surface area (Å²) in [5.41, 5.74) is 3.34. The standard InChI is InChI=1S/C9H14N4O/c1-6-5-11-9(13-10)12-8(6)14-7-3-2-4-7/h5,7H,2-4,10H2,1H3,(H,11,12,13). The van der Waals surface area contributed by atoms with Crippen LogP contribution < -0.4 is 16.0 Å². The lowest BCUT2D eigenvalue weighted by atomic mass is 9.96. The molecule has 5 nitrogen and oxygen atoms in total. The summed E-state index contributed by atoms with van der Waals surface area (Å²) < 4.78 is 5.68. The largest absolute Gasteiger partial charge is 0.474 e. The molecule has 1 heterocycles. The molecule has 3 N–H and O–H groups in total. The maximum atomic E-state index is 5.68. The van der Waals surface area contributed by atoms with Crippen molar-refractivity contribution in [2.24, 2.45) is 5.84 Å². The van der Waals surface area contributed by atoms with Crippen molar-refractivity contribution in [2.45, 2.75) is 32.3 Å². The number of aryl methyl sites for hydroxylation is 1. The Morgan fingerprint density at radius 2 is 2.36 bits per heavy atom. The van der Waals surface area contributed by atoms with Crippen molar-refractivity contribution in [3.63, 3.8) is 0 Å². The molecule has 0 bridgehead atoms. The van der Waals surface area contributed by atoms with E-state index in [1.54, 1.807) is 6.20 Å². The topological polar surface area (TPSA) is 73.1 Å². The summed E-state index contributed by atoms with van der Waals surface area (Å²) >= 11 is 0. The summed E-state index contributed by atoms with van der Waals surface area (Å²) in [5, 5.41) is 0. The Balaban J connectivity index is 2.13. The predicted molar refractivity (Wildman–Crippen MR) is 52.8 cm³/mol. The van der Waals surface area contributed by atoms with Gasteiger partial charge in [-0.15, -0.1) is 0 Å². The van der Waals surface area contributed by atoms with E-state index in [9.17, 15) is 0 Å². The first kappa shape index (κ1) is 9.21. The summed E-state index contributed by atoms with van der Waals surface area (Å²) in [6.45, 7) is 1.92. The second-order valence-corrected chi connectivity index (χ2v) is 3.50. The smallest absolute Gasteiger partial charge is 0.240 e. The minimum absolute atomic E-state index is 0.328. The normalized spacial score (nSPS) is 16.1. The van der Waals surface area contributed by atoms with Gasteiger partial charge in [0.15, 0.2) is 0 Å². The Bertz CT molecular complexity index is 325. The number of nitrogens with one attached hydrogen (secondary N) is 1. The molecule has 0 saturated heterocycles. The van der Waals surface area contributed by atoms with Crippen molar-refractivity contribution in [3.05, 3.63) is 11.8 Å². The minimum atomic E-state index is 0.328. The molecule has 0 spiro atoms. The zero-order valence-corrected chi connectivity index (χ0v) is 8.16. The molecule has 0 aromatic carbocycles. The van der Waals surface area contributed by atoms with E-state index in [2.05, 4.69) is 15.4 Å². The van der Waals surface area contributed by atoms with Gasteiger partial charge in [0.25, 0.3) is 0 Å². The number of ether oxygens (including phenoxy) is 1. The lowest BCUT2D eigenvalue weighted by Gasteiger charge is -2.26. The molecule has 76 valence electrons. The first-order valence-corrected chi connectivity index (χ1v) is 4.76. The summed E-state index contributed by atoms with van der Waals surface area (Å²) in [6, 6.07) is 0. The quantitative estimate of drug-likeness (QED) is 0.554. The van der Waals surface area contributed by atoms with E-state index in [4.69, 9.17) is 10.6 Å². The average molecular weight is 194 g/mol. The lowest BCUT2D eigenvalue weighted by Crippen LogP contribution is -2.25. The van der Waals surface area contributed by atoms with Crippen LogP contribution in [0.15, 0.2) is 6.20 Å². The molecule has 1 aromatic rings. The fourth-order valence-corrected chi connectivity index (χ4v) is 1.26. The van der Waals surface area contributed by atoms with Crippen LogP contribution in [0, 0.1) is 6.92 Å². The fraction of sp³-hybridized carbons (Fsp3) is 0.556. The summed E-state index contributed by atoms with van der Waals surface area (Å²) in [4.78, 5) is 8.12. The Labute approximate surface area is 82.7 Å². The average Bonchev–Trinajstić information content (AvgIpc) is 2.14. The number of nitrogens with zero attached hydrogens (tertiary/aromatic N) is 2. The van der Waals surface area contributed by atoms with Crippen LogP contribution in [0.2, 0.25) is 0 Å². The molecule has 1 fully saturated rings. The van der Waals surface area contributed by atoms with Gasteiger partial charge in [-0.25, -0.2) is 10.8 Å². The third-order valence-corrected chi connectivity index (χ3v) is 2.38. The second kappa shape index (κ2) is 3.79. The number of hydrogen-bond acceptors (Lipinski definition) is 5. The van der Waals surface area contributed by atoms with Gasteiger partial charge in [0, 0.05) is 11.8 Å². The zero-order valence-electron chi connectivity index (χ0n) is 8.16. The molecule has 0 unspecified atom stereocenters. The van der Waals surface area contributed by atoms with Crippen molar-refractivity contribution in [1.82, 2.24) is 9.97 Å². The zero-order chi connectivity index (χ0) is 9.97. The van der Waals surface area contributed by atoms with Crippen molar-refractivity contribution < 1.29 is 4.74 Å². The van der Waals surface area contributed by atoms with Crippen molar-refractivity contribution in [1.29, 1.82) is 0 Å². The van der Waals surface area contributed by atoms with Crippen LogP contribution in [0.5, 0.6) is 5.88 Å². The number of aromatic nitrogens is 2. The van der Waals surface area contributed by atoms with Crippen molar-refractivity contribution in [2.75, 3.05) is 5.43 Å². The molecule has 0 aliphatic heterocycles. The Morgan fingerprint density at radius 3 is 2.93 bits per heavy atom. The van der Waals surface area contributed by atoms with E-state index in [1.807, 2.05) is 6.92 Å². The highest BCUT2D eigenvalue weighted by molar-refractivity contribution is 5.31. The molecule has 1 saturated carbocycles. The minimum Gasteiger partial charge on any atom is -0.474 e. The van der Waals surface area contributed by atoms with Crippen molar-refractivity contribution >= 4 is 5.95 Å². The third kappa shape index (κ3) is 1.77. The maximum Gasteiger partial charge on any atom is 0.240 e. The molecule has 5 heteroatoms. The highest BCUT2D eigenvalue weighted by Gasteiger charge is 2.20. The molecular formula is C9H14N4O. The highest BCUT2D eigenvalue weighted by atomic mass is 16.5. The number of hydrazine groups is 1. The monoisotopic (exact) mass is 194 g/mol. The molecule has 1 aliphatic carbocycles. The van der Waals surface area contributed by atoms with Gasteiger partial charge in [0.2, 0.25) is 11.8 Å². The number of nitrogens with two attached hydrogens (primary N) is 1. The number of nitrogen functional groups attached to an aromatic ring is 1. The summed E-state index contributed by atoms with van der Waals surface area (Å²) in [5.74, 6) is 6.25. The van der Waals surface area contributed by atoms with Gasteiger partial charge in [-0.1, -0.05) is 0 Å². The van der Waals surface area contributed by atoms with E-state index in [-0.39, 0.29) is 0 Å². The first-order valence-electron chi connectivity index (χ1n) is 4.76. The predicted octanol–water partition coefficient (Wildman–Crippen LogP) is 1.00. The van der Waals surface area contributed by atoms with Crippen LogP contribution in [0.3, 0.4) is 0 Å². The Kier molecular flexibility index (Phi) is 2.49. The van der Waals surface area contributed by atoms with E-state index in [0.717, 1.165) is 18.4 Å². The van der Waals surface area contributed by atoms with Gasteiger partial charge >= 0.3 is 0 Å². The summed E-state index contributed by atoms with van der Waals surface area (Å²) in [7, 11) is 0. The van der Waals surface area contributed by atoms with Crippen LogP contribution >= 0.6 is 0 Å². The highest BCUT2D eigenvalue weighted by Crippen LogP contribution is 2.25. The SMILES string of the molecule is Cc1cnc(NN)nc1OC1CCC1. The molecular weight excluding hydrogens is 180 g/mol. The number of anilines is 1. The van der Waals surface area contributed by atoms with Gasteiger partial charge in [0.1, 0.15) is 6.10 Å². The van der Waals surface area contributed by atoms with Crippen LogP contribution in [0.1, 0.15) is 24.8 Å². The van der Waals surface area contributed by atoms with Gasteiger partial charge in [-0.3, -0.25) is 5.43 Å². The van der Waals surface area contributed by atoms with Crippen LogP contribution in [-0.4, -0.2) is 16.1 Å². The molecule has 0 radical (unpaired) electrons. The van der Waals surface area contributed by atoms with E-state index < -0.39 is 0 Å². The number of hydrogen-bond donors (Lipinski definition) is 2. The molecule has 1 aromatic heterocycles. The van der Waals surface area contributed by atoms with Crippen LogP contribution in [-0.2, 0) is 0 Å². The fourth-order valence-electron chi connectivity index (χ4n) is 1.26. The Hall–Kier alpha value is -1.36. The van der Waals surface area contributed by atoms with E-state index >= 15 is 0 Å². The second-order valence-electron chi connectivity index (χ2n) is 3.50. The van der Waals surface area contributed by atoms with Crippen LogP contribution in [0.4, 0.5) is 5.95 Å². The van der Waals surface area contributed by atoms with Gasteiger partial charge in [-0.05, 0) is 26.2 Å². The maximum absolute atomic E-state index is 5.68. The molecule has 0 atom stereocenters. The molecule has 2 rings (SSSR count). The van der Waals surface area contributed by atoms with Crippen LogP contribution in [0.25, 0.3) is 0 Å². The molecule has 1 aliphatic rings. The van der Waals surface area contributed by atoms with Crippen molar-refractivity contribution in [3.8, 4) is 5.88 Å². The molecule has 0 amide bonds. The number of rotatable bonds is 3. The van der Waals surface area contributed by atoms with Gasteiger partial charge < -0.3 is 4.74 Å². The van der Waals surface area contributed by atoms with Gasteiger partial charge in [0.05, 0.1) is 0 Å². The van der Waals surface area contributed by atoms with E-state index in [0.29, 0.717) is 17.9 Å². The van der Waals surface area contributed by atoms with Gasteiger partial charge in [-0.2, -0.15) is 4.98 Å². The first-order chi connectivity index (χ1) is 6.79.